The summed E-state index contributed by atoms with van der Waals surface area (Å²) >= 11 is 0. The summed E-state index contributed by atoms with van der Waals surface area (Å²) in [7, 11) is 0. The summed E-state index contributed by atoms with van der Waals surface area (Å²) in [6, 6.07) is 9.50. The monoisotopic (exact) mass is 250 g/mol. The molecule has 0 aromatic heterocycles. The summed E-state index contributed by atoms with van der Waals surface area (Å²) < 4.78 is 5.19. The van der Waals surface area contributed by atoms with Gasteiger partial charge in [-0.2, -0.15) is 0 Å². The van der Waals surface area contributed by atoms with E-state index in [1.165, 1.54) is 4.90 Å². The second kappa shape index (κ2) is 5.84. The number of aliphatic hydroxyl groups is 1. The molecule has 5 heteroatoms. The Hall–Kier alpha value is -1.59. The molecule has 1 aromatic rings. The van der Waals surface area contributed by atoms with Crippen LogP contribution in [0.5, 0.6) is 0 Å². The Morgan fingerprint density at radius 3 is 2.72 bits per heavy atom. The van der Waals surface area contributed by atoms with Gasteiger partial charge in [0.05, 0.1) is 12.6 Å². The van der Waals surface area contributed by atoms with Crippen LogP contribution in [0.15, 0.2) is 30.3 Å². The number of hydrogen-bond acceptors (Lipinski definition) is 4. The Balaban J connectivity index is 1.82. The van der Waals surface area contributed by atoms with E-state index in [0.29, 0.717) is 19.6 Å². The summed E-state index contributed by atoms with van der Waals surface area (Å²) in [5.74, 6) is -0.0470. The van der Waals surface area contributed by atoms with Crippen molar-refractivity contribution in [3.8, 4) is 0 Å². The fourth-order valence-corrected chi connectivity index (χ4v) is 2.05. The number of likely N-dealkylation sites (tertiary alicyclic amines) is 1. The number of ether oxygens (including phenoxy) is 1. The van der Waals surface area contributed by atoms with Crippen LogP contribution in [-0.4, -0.2) is 41.8 Å². The Labute approximate surface area is 106 Å². The maximum atomic E-state index is 11.8. The van der Waals surface area contributed by atoms with Gasteiger partial charge in [0.1, 0.15) is 6.61 Å². The molecule has 1 aliphatic heterocycles. The number of carbonyl (C=O) groups is 1. The molecule has 1 aliphatic rings. The number of rotatable bonds is 3. The second-order valence-electron chi connectivity index (χ2n) is 4.51. The standard InChI is InChI=1S/C13H18N2O3/c14-6-11-7-15(8-12(11)16)13(17)18-9-10-4-2-1-3-5-10/h1-5,11-12,16H,6-9,14H2/t11-,12+/m0/s1. The number of benzene rings is 1. The van der Waals surface area contributed by atoms with E-state index in [1.807, 2.05) is 30.3 Å². The van der Waals surface area contributed by atoms with Crippen molar-refractivity contribution in [2.45, 2.75) is 12.7 Å². The number of nitrogens with two attached hydrogens (primary N) is 1. The van der Waals surface area contributed by atoms with E-state index in [0.717, 1.165) is 5.56 Å². The van der Waals surface area contributed by atoms with E-state index in [9.17, 15) is 9.90 Å². The minimum absolute atomic E-state index is 0.0470. The minimum Gasteiger partial charge on any atom is -0.445 e. The lowest BCUT2D eigenvalue weighted by Gasteiger charge is -2.15. The molecule has 0 aliphatic carbocycles. The van der Waals surface area contributed by atoms with Crippen molar-refractivity contribution >= 4 is 6.09 Å². The lowest BCUT2D eigenvalue weighted by molar-refractivity contribution is 0.0967. The molecule has 0 spiro atoms. The summed E-state index contributed by atoms with van der Waals surface area (Å²) in [5, 5.41) is 9.66. The highest BCUT2D eigenvalue weighted by Crippen LogP contribution is 2.17. The smallest absolute Gasteiger partial charge is 0.410 e. The number of amides is 1. The second-order valence-corrected chi connectivity index (χ2v) is 4.51. The first-order valence-corrected chi connectivity index (χ1v) is 6.04. The van der Waals surface area contributed by atoms with Crippen LogP contribution in [-0.2, 0) is 11.3 Å². The fourth-order valence-electron chi connectivity index (χ4n) is 2.05. The highest BCUT2D eigenvalue weighted by Gasteiger charge is 2.33. The summed E-state index contributed by atoms with van der Waals surface area (Å²) in [6.07, 6.45) is -0.937. The SMILES string of the molecule is NC[C@H]1CN(C(=O)OCc2ccccc2)C[C@H]1O. The highest BCUT2D eigenvalue weighted by molar-refractivity contribution is 5.68. The molecule has 1 saturated heterocycles. The maximum Gasteiger partial charge on any atom is 0.410 e. The van der Waals surface area contributed by atoms with Crippen molar-refractivity contribution in [2.24, 2.45) is 11.7 Å². The number of hydrogen-bond donors (Lipinski definition) is 2. The largest absolute Gasteiger partial charge is 0.445 e. The van der Waals surface area contributed by atoms with Gasteiger partial charge >= 0.3 is 6.09 Å². The van der Waals surface area contributed by atoms with Crippen LogP contribution in [0.4, 0.5) is 4.79 Å². The van der Waals surface area contributed by atoms with Gasteiger partial charge in [-0.25, -0.2) is 4.79 Å². The van der Waals surface area contributed by atoms with Crippen molar-refractivity contribution in [2.75, 3.05) is 19.6 Å². The van der Waals surface area contributed by atoms with E-state index in [-0.39, 0.29) is 12.5 Å². The average molecular weight is 250 g/mol. The molecule has 1 heterocycles. The van der Waals surface area contributed by atoms with Crippen molar-refractivity contribution in [1.82, 2.24) is 4.90 Å². The van der Waals surface area contributed by atoms with Crippen molar-refractivity contribution in [1.29, 1.82) is 0 Å². The van der Waals surface area contributed by atoms with Gasteiger partial charge in [0.25, 0.3) is 0 Å². The van der Waals surface area contributed by atoms with Crippen LogP contribution in [0, 0.1) is 5.92 Å². The zero-order chi connectivity index (χ0) is 13.0. The molecular formula is C13H18N2O3. The maximum absolute atomic E-state index is 11.8. The topological polar surface area (TPSA) is 75.8 Å². The first-order chi connectivity index (χ1) is 8.70. The molecule has 2 atom stereocenters. The van der Waals surface area contributed by atoms with E-state index in [2.05, 4.69) is 0 Å². The molecular weight excluding hydrogens is 232 g/mol. The van der Waals surface area contributed by atoms with Crippen LogP contribution in [0.1, 0.15) is 5.56 Å². The Morgan fingerprint density at radius 2 is 2.11 bits per heavy atom. The van der Waals surface area contributed by atoms with E-state index < -0.39 is 12.2 Å². The Bertz CT molecular complexity index is 396. The molecule has 1 amide bonds. The highest BCUT2D eigenvalue weighted by atomic mass is 16.6. The molecule has 0 saturated carbocycles. The molecule has 98 valence electrons. The van der Waals surface area contributed by atoms with Gasteiger partial charge in [-0.1, -0.05) is 30.3 Å². The average Bonchev–Trinajstić information content (AvgIpc) is 2.78. The Kier molecular flexibility index (Phi) is 4.17. The fraction of sp³-hybridized carbons (Fsp3) is 0.462. The lowest BCUT2D eigenvalue weighted by atomic mass is 10.1. The van der Waals surface area contributed by atoms with E-state index in [4.69, 9.17) is 10.5 Å². The molecule has 1 aromatic carbocycles. The van der Waals surface area contributed by atoms with Gasteiger partial charge in [-0.05, 0) is 12.1 Å². The van der Waals surface area contributed by atoms with E-state index in [1.54, 1.807) is 0 Å². The van der Waals surface area contributed by atoms with Gasteiger partial charge in [0, 0.05) is 12.5 Å². The molecule has 3 N–H and O–H groups in total. The van der Waals surface area contributed by atoms with Crippen molar-refractivity contribution in [3.05, 3.63) is 35.9 Å². The molecule has 18 heavy (non-hydrogen) atoms. The van der Waals surface area contributed by atoms with Crippen molar-refractivity contribution in [3.63, 3.8) is 0 Å². The predicted molar refractivity (Wildman–Crippen MR) is 66.8 cm³/mol. The summed E-state index contributed by atoms with van der Waals surface area (Å²) in [6.45, 7) is 1.39. The van der Waals surface area contributed by atoms with Crippen LogP contribution in [0.25, 0.3) is 0 Å². The van der Waals surface area contributed by atoms with Crippen LogP contribution >= 0.6 is 0 Å². The Morgan fingerprint density at radius 1 is 1.39 bits per heavy atom. The lowest BCUT2D eigenvalue weighted by Crippen LogP contribution is -2.30. The summed E-state index contributed by atoms with van der Waals surface area (Å²) in [5.41, 5.74) is 6.46. The quantitative estimate of drug-likeness (QED) is 0.822. The number of nitrogens with zero attached hydrogens (tertiary/aromatic N) is 1. The molecule has 0 unspecified atom stereocenters. The molecule has 1 fully saturated rings. The van der Waals surface area contributed by atoms with Gasteiger partial charge in [-0.15, -0.1) is 0 Å². The first kappa shape index (κ1) is 12.9. The number of carbonyl (C=O) groups excluding carboxylic acids is 1. The molecule has 2 rings (SSSR count). The van der Waals surface area contributed by atoms with E-state index >= 15 is 0 Å². The van der Waals surface area contributed by atoms with Gasteiger partial charge < -0.3 is 20.5 Å². The number of β-amino-alcohol motifs (C(OH)–C–C–N with tert-alkyl or cyclic N) is 1. The molecule has 0 radical (unpaired) electrons. The summed E-state index contributed by atoms with van der Waals surface area (Å²) in [4.78, 5) is 13.3. The predicted octanol–water partition coefficient (Wildman–Crippen LogP) is 0.575. The molecule has 5 nitrogen and oxygen atoms in total. The zero-order valence-electron chi connectivity index (χ0n) is 10.2. The zero-order valence-corrected chi connectivity index (χ0v) is 10.2. The van der Waals surface area contributed by atoms with Gasteiger partial charge in [0.15, 0.2) is 0 Å². The normalized spacial score (nSPS) is 23.1. The number of aliphatic hydroxyl groups excluding tert-OH is 1. The van der Waals surface area contributed by atoms with Crippen LogP contribution in [0.2, 0.25) is 0 Å². The third kappa shape index (κ3) is 3.00. The van der Waals surface area contributed by atoms with Crippen LogP contribution in [0.3, 0.4) is 0 Å². The minimum atomic E-state index is -0.542. The molecule has 0 bridgehead atoms. The van der Waals surface area contributed by atoms with Gasteiger partial charge in [0.2, 0.25) is 0 Å². The van der Waals surface area contributed by atoms with Gasteiger partial charge in [-0.3, -0.25) is 0 Å². The van der Waals surface area contributed by atoms with Crippen LogP contribution < -0.4 is 5.73 Å². The third-order valence-electron chi connectivity index (χ3n) is 3.17. The third-order valence-corrected chi connectivity index (χ3v) is 3.17. The van der Waals surface area contributed by atoms with Crippen molar-refractivity contribution < 1.29 is 14.6 Å². The first-order valence-electron chi connectivity index (χ1n) is 6.04.